The van der Waals surface area contributed by atoms with E-state index in [0.29, 0.717) is 56.8 Å². The number of hydrogen-bond donors (Lipinski definition) is 2. The zero-order chi connectivity index (χ0) is 27.4. The number of thiazole rings is 1. The number of ketones is 1. The number of aromatic nitrogens is 2. The summed E-state index contributed by atoms with van der Waals surface area (Å²) in [5, 5.41) is 32.9. The van der Waals surface area contributed by atoms with Gasteiger partial charge in [-0.15, -0.1) is 11.3 Å². The fourth-order valence-electron chi connectivity index (χ4n) is 4.33. The molecule has 10 heteroatoms. The molecule has 39 heavy (non-hydrogen) atoms. The van der Waals surface area contributed by atoms with Crippen molar-refractivity contribution in [3.05, 3.63) is 81.4 Å². The number of ether oxygens (including phenoxy) is 1. The third kappa shape index (κ3) is 6.16. The Labute approximate surface area is 239 Å². The van der Waals surface area contributed by atoms with E-state index < -0.39 is 12.7 Å². The number of nitrogens with zero attached hydrogens (tertiary/aromatic N) is 3. The average molecular weight is 578 g/mol. The number of aliphatic hydroxyl groups is 2. The van der Waals surface area contributed by atoms with E-state index >= 15 is 0 Å². The molecule has 0 amide bonds. The molecule has 0 saturated heterocycles. The van der Waals surface area contributed by atoms with Crippen LogP contribution in [0.5, 0.6) is 5.75 Å². The summed E-state index contributed by atoms with van der Waals surface area (Å²) in [5.74, 6) is 1.02. The molecule has 1 aliphatic rings. The van der Waals surface area contributed by atoms with Crippen LogP contribution in [-0.4, -0.2) is 45.3 Å². The Morgan fingerprint density at radius 1 is 1.08 bits per heavy atom. The number of carbonyl (C=O) groups excluding carboxylic acids is 1. The minimum absolute atomic E-state index is 0.00898. The smallest absolute Gasteiger partial charge is 0.165 e. The van der Waals surface area contributed by atoms with E-state index in [1.165, 1.54) is 11.8 Å². The van der Waals surface area contributed by atoms with Gasteiger partial charge >= 0.3 is 0 Å². The summed E-state index contributed by atoms with van der Waals surface area (Å²) in [6, 6.07) is 16.9. The highest BCUT2D eigenvalue weighted by molar-refractivity contribution is 7.98. The number of nitriles is 1. The minimum atomic E-state index is -0.973. The molecule has 198 valence electrons. The second kappa shape index (κ2) is 12.3. The number of carbonyl (C=O) groups is 1. The summed E-state index contributed by atoms with van der Waals surface area (Å²) < 4.78 is 5.52. The number of halogens is 1. The number of rotatable bonds is 9. The third-order valence-electron chi connectivity index (χ3n) is 6.24. The van der Waals surface area contributed by atoms with Crippen molar-refractivity contribution in [2.24, 2.45) is 0 Å². The predicted molar refractivity (Wildman–Crippen MR) is 152 cm³/mol. The van der Waals surface area contributed by atoms with Crippen LogP contribution in [-0.2, 0) is 12.2 Å². The number of aryl methyl sites for hydroxylation is 1. The molecule has 2 aromatic heterocycles. The second-order valence-corrected chi connectivity index (χ2v) is 11.2. The Balaban J connectivity index is 1.45. The first-order valence-corrected chi connectivity index (χ1v) is 14.6. The van der Waals surface area contributed by atoms with Crippen LogP contribution in [0.1, 0.15) is 40.2 Å². The molecule has 2 aromatic carbocycles. The van der Waals surface area contributed by atoms with Gasteiger partial charge in [-0.05, 0) is 42.7 Å². The van der Waals surface area contributed by atoms with E-state index in [1.807, 2.05) is 29.6 Å². The van der Waals surface area contributed by atoms with E-state index in [-0.39, 0.29) is 12.4 Å². The van der Waals surface area contributed by atoms with Gasteiger partial charge in [0.15, 0.2) is 5.78 Å². The maximum atomic E-state index is 13.0. The standard InChI is InChI=1S/C29H24ClN3O4S2/c30-19-8-4-18(5-9-19)28-32-20(15-38-28)16-39-29-23(12-31)26(27-24(33-29)2-1-3-25(27)36)17-6-10-22(11-7-17)37-14-21(35)13-34/h4-11,15,21,34-35H,1-3,13-14,16H2/t21-/m0/s1. The van der Waals surface area contributed by atoms with Gasteiger partial charge in [-0.3, -0.25) is 4.79 Å². The third-order valence-corrected chi connectivity index (χ3v) is 8.44. The highest BCUT2D eigenvalue weighted by Gasteiger charge is 2.28. The molecule has 7 nitrogen and oxygen atoms in total. The maximum absolute atomic E-state index is 13.0. The molecule has 1 atom stereocenters. The lowest BCUT2D eigenvalue weighted by Crippen LogP contribution is -2.21. The van der Waals surface area contributed by atoms with Crippen LogP contribution in [0.15, 0.2) is 58.9 Å². The van der Waals surface area contributed by atoms with Gasteiger partial charge in [0, 0.05) is 39.3 Å². The fourth-order valence-corrected chi connectivity index (χ4v) is 6.29. The zero-order valence-corrected chi connectivity index (χ0v) is 23.2. The van der Waals surface area contributed by atoms with E-state index in [1.54, 1.807) is 35.6 Å². The zero-order valence-electron chi connectivity index (χ0n) is 20.8. The molecule has 0 aliphatic heterocycles. The van der Waals surface area contributed by atoms with Crippen molar-refractivity contribution >= 4 is 40.5 Å². The van der Waals surface area contributed by atoms with Crippen molar-refractivity contribution in [1.82, 2.24) is 9.97 Å². The van der Waals surface area contributed by atoms with E-state index in [2.05, 4.69) is 6.07 Å². The van der Waals surface area contributed by atoms with Gasteiger partial charge in [-0.25, -0.2) is 9.97 Å². The molecule has 0 spiro atoms. The van der Waals surface area contributed by atoms with Crippen LogP contribution >= 0.6 is 34.7 Å². The highest BCUT2D eigenvalue weighted by Crippen LogP contribution is 2.39. The summed E-state index contributed by atoms with van der Waals surface area (Å²) in [6.45, 7) is -0.432. The highest BCUT2D eigenvalue weighted by atomic mass is 35.5. The lowest BCUT2D eigenvalue weighted by molar-refractivity contribution is 0.0536. The van der Waals surface area contributed by atoms with E-state index in [9.17, 15) is 15.2 Å². The quantitative estimate of drug-likeness (QED) is 0.235. The van der Waals surface area contributed by atoms with E-state index in [0.717, 1.165) is 28.2 Å². The molecule has 2 heterocycles. The Kier molecular flexibility index (Phi) is 8.60. The van der Waals surface area contributed by atoms with Crippen LogP contribution in [0.2, 0.25) is 5.02 Å². The van der Waals surface area contributed by atoms with Crippen molar-refractivity contribution < 1.29 is 19.7 Å². The Hall–Kier alpha value is -3.26. The monoisotopic (exact) mass is 577 g/mol. The van der Waals surface area contributed by atoms with Gasteiger partial charge in [-0.2, -0.15) is 5.26 Å². The first-order chi connectivity index (χ1) is 19.0. The van der Waals surface area contributed by atoms with Crippen LogP contribution in [0.4, 0.5) is 0 Å². The molecular weight excluding hydrogens is 554 g/mol. The van der Waals surface area contributed by atoms with Crippen LogP contribution in [0.25, 0.3) is 21.7 Å². The van der Waals surface area contributed by atoms with Crippen molar-refractivity contribution in [2.75, 3.05) is 13.2 Å². The molecule has 2 N–H and O–H groups in total. The second-order valence-electron chi connectivity index (χ2n) is 8.99. The van der Waals surface area contributed by atoms with Crippen molar-refractivity contribution in [3.63, 3.8) is 0 Å². The molecule has 0 unspecified atom stereocenters. The number of fused-ring (bicyclic) bond motifs is 1. The number of Topliss-reactive ketones (excluding diaryl/α,β-unsaturated/α-hetero) is 1. The summed E-state index contributed by atoms with van der Waals surface area (Å²) in [6.07, 6.45) is 0.848. The molecule has 0 saturated carbocycles. The summed E-state index contributed by atoms with van der Waals surface area (Å²) in [5.41, 5.74) is 4.78. The van der Waals surface area contributed by atoms with Gasteiger partial charge in [0.2, 0.25) is 0 Å². The van der Waals surface area contributed by atoms with Crippen LogP contribution in [0.3, 0.4) is 0 Å². The van der Waals surface area contributed by atoms with Crippen LogP contribution in [0, 0.1) is 11.3 Å². The first kappa shape index (κ1) is 27.3. The number of thioether (sulfide) groups is 1. The molecular formula is C29H24ClN3O4S2. The predicted octanol–water partition coefficient (Wildman–Crippen LogP) is 5.94. The SMILES string of the molecule is N#Cc1c(SCc2csc(-c3ccc(Cl)cc3)n2)nc2c(c1-c1ccc(OC[C@@H](O)CO)cc1)C(=O)CCC2. The average Bonchev–Trinajstić information content (AvgIpc) is 3.44. The number of pyridine rings is 1. The lowest BCUT2D eigenvalue weighted by Gasteiger charge is -2.21. The number of aliphatic hydroxyl groups excluding tert-OH is 2. The summed E-state index contributed by atoms with van der Waals surface area (Å²) in [7, 11) is 0. The minimum Gasteiger partial charge on any atom is -0.491 e. The van der Waals surface area contributed by atoms with Crippen LogP contribution < -0.4 is 4.74 Å². The normalized spacial score (nSPS) is 13.5. The number of benzene rings is 2. The summed E-state index contributed by atoms with van der Waals surface area (Å²) >= 11 is 8.99. The topological polar surface area (TPSA) is 116 Å². The van der Waals surface area contributed by atoms with Gasteiger partial charge in [0.1, 0.15) is 34.6 Å². The largest absolute Gasteiger partial charge is 0.491 e. The molecule has 1 aliphatic carbocycles. The molecule has 5 rings (SSSR count). The van der Waals surface area contributed by atoms with Gasteiger partial charge in [0.25, 0.3) is 0 Å². The lowest BCUT2D eigenvalue weighted by atomic mass is 9.86. The first-order valence-electron chi connectivity index (χ1n) is 12.3. The van der Waals surface area contributed by atoms with Gasteiger partial charge in [-0.1, -0.05) is 47.6 Å². The molecule has 0 radical (unpaired) electrons. The van der Waals surface area contributed by atoms with Crippen molar-refractivity contribution in [2.45, 2.75) is 36.1 Å². The Bertz CT molecular complexity index is 1530. The summed E-state index contributed by atoms with van der Waals surface area (Å²) in [4.78, 5) is 22.6. The fraction of sp³-hybridized carbons (Fsp3) is 0.241. The Morgan fingerprint density at radius 3 is 2.54 bits per heavy atom. The molecule has 4 aromatic rings. The Morgan fingerprint density at radius 2 is 1.82 bits per heavy atom. The molecule has 0 bridgehead atoms. The van der Waals surface area contributed by atoms with Gasteiger partial charge in [0.05, 0.1) is 23.6 Å². The van der Waals surface area contributed by atoms with Crippen molar-refractivity contribution in [1.29, 1.82) is 5.26 Å². The number of hydrogen-bond acceptors (Lipinski definition) is 9. The maximum Gasteiger partial charge on any atom is 0.165 e. The van der Waals surface area contributed by atoms with Crippen molar-refractivity contribution in [3.8, 4) is 33.5 Å². The van der Waals surface area contributed by atoms with Gasteiger partial charge < -0.3 is 14.9 Å². The van der Waals surface area contributed by atoms with E-state index in [4.69, 9.17) is 31.4 Å². The molecule has 0 fully saturated rings.